The number of para-hydroxylation sites is 1. The van der Waals surface area contributed by atoms with Crippen LogP contribution in [0.4, 0.5) is 5.69 Å². The van der Waals surface area contributed by atoms with Crippen molar-refractivity contribution in [3.8, 4) is 0 Å². The maximum absolute atomic E-state index is 11.9. The number of nitrogens with one attached hydrogen (secondary N) is 1. The molecule has 1 aliphatic heterocycles. The summed E-state index contributed by atoms with van der Waals surface area (Å²) < 4.78 is 11.5. The fourth-order valence-corrected chi connectivity index (χ4v) is 2.87. The van der Waals surface area contributed by atoms with Crippen molar-refractivity contribution >= 4 is 23.8 Å². The molecule has 0 radical (unpaired) electrons. The molecule has 1 aromatic heterocycles. The number of anilines is 1. The number of aliphatic hydroxyl groups excluding tert-OH is 3. The molecule has 2 atom stereocenters. The molecule has 0 amide bonds. The Morgan fingerprint density at radius 1 is 1.22 bits per heavy atom. The highest BCUT2D eigenvalue weighted by Gasteiger charge is 2.39. The molecule has 0 saturated heterocycles. The van der Waals surface area contributed by atoms with Crippen molar-refractivity contribution in [1.29, 1.82) is 0 Å². The fourth-order valence-electron chi connectivity index (χ4n) is 2.87. The first-order valence-electron chi connectivity index (χ1n) is 9.94. The largest absolute Gasteiger partial charge is 0.505 e. The van der Waals surface area contributed by atoms with Crippen molar-refractivity contribution in [2.75, 3.05) is 12.0 Å². The molecule has 2 heterocycles. The first-order chi connectivity index (χ1) is 15.4. The number of hydrogen-bond donors (Lipinski definition) is 4. The van der Waals surface area contributed by atoms with Gasteiger partial charge in [-0.2, -0.15) is 5.10 Å². The number of pyridine rings is 1. The Bertz CT molecular complexity index is 990. The van der Waals surface area contributed by atoms with Crippen molar-refractivity contribution in [1.82, 2.24) is 0 Å². The normalized spacial score (nSPS) is 16.8. The Kier molecular flexibility index (Phi) is 7.76. The summed E-state index contributed by atoms with van der Waals surface area (Å²) in [6.45, 7) is 0.0985. The van der Waals surface area contributed by atoms with Crippen LogP contribution >= 0.6 is 0 Å². The average Bonchev–Trinajstić information content (AvgIpc) is 3.06. The third-order valence-corrected chi connectivity index (χ3v) is 4.60. The average molecular weight is 442 g/mol. The summed E-state index contributed by atoms with van der Waals surface area (Å²) >= 11 is 0. The minimum absolute atomic E-state index is 0.113. The smallest absolute Gasteiger partial charge is 0.377 e. The molecule has 2 aromatic rings. The van der Waals surface area contributed by atoms with Crippen LogP contribution in [0.3, 0.4) is 0 Å². The van der Waals surface area contributed by atoms with Crippen LogP contribution in [0.1, 0.15) is 18.4 Å². The molecule has 1 aliphatic rings. The Balaban J connectivity index is 1.35. The molecule has 4 N–H and O–H groups in total. The number of nitrogens with zero attached hydrogens (tertiary/aromatic N) is 2. The Morgan fingerprint density at radius 3 is 2.59 bits per heavy atom. The second-order valence-corrected chi connectivity index (χ2v) is 7.02. The molecule has 2 unspecified atom stereocenters. The standard InChI is InChI=1S/C22H23N3O7/c26-17(21-19(28)20(29)22(30)32-21)14-31-18(27)7-4-10-25-11-8-15(9-12-25)13-23-24-16-5-2-1-3-6-16/h1-3,5-6,8-9,11-13,17,21,26H,4,7,10,14H2,(H2,23,24,28,29,30)/p+1. The van der Waals surface area contributed by atoms with Gasteiger partial charge in [-0.3, -0.25) is 10.2 Å². The van der Waals surface area contributed by atoms with Gasteiger partial charge in [-0.15, -0.1) is 0 Å². The van der Waals surface area contributed by atoms with Gasteiger partial charge in [-0.05, 0) is 12.1 Å². The third-order valence-electron chi connectivity index (χ3n) is 4.60. The van der Waals surface area contributed by atoms with Crippen molar-refractivity contribution in [3.05, 3.63) is 71.9 Å². The van der Waals surface area contributed by atoms with E-state index < -0.39 is 42.3 Å². The number of aryl methyl sites for hydroxylation is 1. The van der Waals surface area contributed by atoms with E-state index in [0.717, 1.165) is 11.3 Å². The number of esters is 2. The van der Waals surface area contributed by atoms with E-state index >= 15 is 0 Å². The van der Waals surface area contributed by atoms with Gasteiger partial charge in [-0.25, -0.2) is 9.36 Å². The topological polar surface area (TPSA) is 142 Å². The van der Waals surface area contributed by atoms with Crippen LogP contribution in [-0.4, -0.2) is 52.3 Å². The monoisotopic (exact) mass is 442 g/mol. The Hall–Kier alpha value is -3.92. The number of aliphatic hydroxyl groups is 3. The number of rotatable bonds is 10. The van der Waals surface area contributed by atoms with Crippen molar-refractivity contribution in [3.63, 3.8) is 0 Å². The quantitative estimate of drug-likeness (QED) is 0.187. The summed E-state index contributed by atoms with van der Waals surface area (Å²) in [5.74, 6) is -3.42. The minimum atomic E-state index is -1.48. The van der Waals surface area contributed by atoms with Crippen LogP contribution in [0.2, 0.25) is 0 Å². The van der Waals surface area contributed by atoms with E-state index in [2.05, 4.69) is 15.3 Å². The van der Waals surface area contributed by atoms with E-state index in [1.165, 1.54) is 0 Å². The molecule has 1 aromatic carbocycles. The highest BCUT2D eigenvalue weighted by Crippen LogP contribution is 2.21. The summed E-state index contributed by atoms with van der Waals surface area (Å²) in [6, 6.07) is 13.4. The number of cyclic esters (lactones) is 1. The maximum atomic E-state index is 11.9. The molecular weight excluding hydrogens is 418 g/mol. The Morgan fingerprint density at radius 2 is 1.94 bits per heavy atom. The number of ether oxygens (including phenoxy) is 2. The fraction of sp³-hybridized carbons (Fsp3) is 0.273. The van der Waals surface area contributed by atoms with Crippen LogP contribution < -0.4 is 9.99 Å². The zero-order valence-electron chi connectivity index (χ0n) is 17.1. The third kappa shape index (κ3) is 6.29. The number of hydrazone groups is 1. The van der Waals surface area contributed by atoms with Gasteiger partial charge in [0, 0.05) is 24.1 Å². The van der Waals surface area contributed by atoms with Gasteiger partial charge in [0.1, 0.15) is 19.3 Å². The highest BCUT2D eigenvalue weighted by atomic mass is 16.6. The first-order valence-corrected chi connectivity index (χ1v) is 9.94. The summed E-state index contributed by atoms with van der Waals surface area (Å²) in [5.41, 5.74) is 4.74. The van der Waals surface area contributed by atoms with Gasteiger partial charge in [0.2, 0.25) is 5.76 Å². The predicted octanol–water partition coefficient (Wildman–Crippen LogP) is 1.36. The number of aromatic nitrogens is 1. The van der Waals surface area contributed by atoms with Crippen molar-refractivity contribution in [2.24, 2.45) is 5.10 Å². The van der Waals surface area contributed by atoms with Crippen LogP contribution in [0.25, 0.3) is 0 Å². The molecule has 0 saturated carbocycles. The summed E-state index contributed by atoms with van der Waals surface area (Å²) in [7, 11) is 0. The lowest BCUT2D eigenvalue weighted by Crippen LogP contribution is -2.34. The zero-order chi connectivity index (χ0) is 22.9. The van der Waals surface area contributed by atoms with Crippen LogP contribution in [0.15, 0.2) is 71.5 Å². The molecule has 32 heavy (non-hydrogen) atoms. The van der Waals surface area contributed by atoms with Crippen molar-refractivity contribution < 1.29 is 38.9 Å². The van der Waals surface area contributed by atoms with Crippen LogP contribution in [-0.2, 0) is 25.6 Å². The lowest BCUT2D eigenvalue weighted by atomic mass is 10.2. The molecule has 3 rings (SSSR count). The predicted molar refractivity (Wildman–Crippen MR) is 113 cm³/mol. The van der Waals surface area contributed by atoms with Crippen LogP contribution in [0, 0.1) is 0 Å². The van der Waals surface area contributed by atoms with Crippen molar-refractivity contribution in [2.45, 2.75) is 31.6 Å². The maximum Gasteiger partial charge on any atom is 0.377 e. The number of carbonyl (C=O) groups is 2. The van der Waals surface area contributed by atoms with E-state index in [4.69, 9.17) is 4.74 Å². The molecular formula is C22H24N3O7+. The van der Waals surface area contributed by atoms with E-state index in [1.54, 1.807) is 6.21 Å². The SMILES string of the molecule is O=C(CCC[n+]1ccc(/C=N/Nc2ccccc2)cc1)OCC(O)C1OC(=O)C(O)=C1O. The van der Waals surface area contributed by atoms with Gasteiger partial charge >= 0.3 is 11.9 Å². The van der Waals surface area contributed by atoms with Gasteiger partial charge in [0.05, 0.1) is 18.3 Å². The van der Waals surface area contributed by atoms with Gasteiger partial charge < -0.3 is 24.8 Å². The number of benzene rings is 1. The van der Waals surface area contributed by atoms with Gasteiger partial charge in [-0.1, -0.05) is 18.2 Å². The molecule has 0 fully saturated rings. The molecule has 0 bridgehead atoms. The zero-order valence-corrected chi connectivity index (χ0v) is 17.1. The summed E-state index contributed by atoms with van der Waals surface area (Å²) in [6.07, 6.45) is 3.13. The lowest BCUT2D eigenvalue weighted by molar-refractivity contribution is -0.697. The van der Waals surface area contributed by atoms with E-state index in [9.17, 15) is 24.9 Å². The van der Waals surface area contributed by atoms with Gasteiger partial charge in [0.15, 0.2) is 24.3 Å². The van der Waals surface area contributed by atoms with Crippen LogP contribution in [0.5, 0.6) is 0 Å². The molecule has 168 valence electrons. The van der Waals surface area contributed by atoms with E-state index in [-0.39, 0.29) is 6.42 Å². The van der Waals surface area contributed by atoms with E-state index in [0.29, 0.717) is 13.0 Å². The molecule has 10 nitrogen and oxygen atoms in total. The molecule has 0 aliphatic carbocycles. The minimum Gasteiger partial charge on any atom is -0.505 e. The molecule has 0 spiro atoms. The molecule has 10 heteroatoms. The first kappa shape index (κ1) is 22.8. The second-order valence-electron chi connectivity index (χ2n) is 7.02. The number of carbonyl (C=O) groups excluding carboxylic acids is 2. The lowest BCUT2D eigenvalue weighted by Gasteiger charge is -2.17. The second kappa shape index (κ2) is 10.9. The van der Waals surface area contributed by atoms with E-state index in [1.807, 2.05) is 59.4 Å². The number of hydrogen-bond acceptors (Lipinski definition) is 9. The van der Waals surface area contributed by atoms with Gasteiger partial charge in [0.25, 0.3) is 0 Å². The Labute approximate surface area is 184 Å². The summed E-state index contributed by atoms with van der Waals surface area (Å²) in [5, 5.41) is 32.8. The highest BCUT2D eigenvalue weighted by molar-refractivity contribution is 5.89. The summed E-state index contributed by atoms with van der Waals surface area (Å²) in [4.78, 5) is 23.0.